The zero-order valence-corrected chi connectivity index (χ0v) is 18.2. The van der Waals surface area contributed by atoms with Crippen LogP contribution in [0.15, 0.2) is 54.3 Å². The Bertz CT molecular complexity index is 721. The highest BCUT2D eigenvalue weighted by Crippen LogP contribution is 2.40. The minimum atomic E-state index is 0.0697. The number of hydrazine groups is 1. The lowest BCUT2D eigenvalue weighted by Gasteiger charge is -2.27. The maximum absolute atomic E-state index is 12.8. The zero-order chi connectivity index (χ0) is 16.6. The van der Waals surface area contributed by atoms with Gasteiger partial charge in [0, 0.05) is 23.8 Å². The molecule has 3 nitrogen and oxygen atoms in total. The molecule has 1 aliphatic rings. The normalized spacial score (nSPS) is 13.7. The predicted octanol–water partition coefficient (Wildman–Crippen LogP) is 6.51. The van der Waals surface area contributed by atoms with Gasteiger partial charge in [0.25, 0.3) is 0 Å². The molecule has 0 heterocycles. The molecule has 0 aliphatic heterocycles. The quantitative estimate of drug-likeness (QED) is 0.428. The fourth-order valence-corrected chi connectivity index (χ4v) is 4.68. The van der Waals surface area contributed by atoms with E-state index in [1.807, 2.05) is 36.4 Å². The summed E-state index contributed by atoms with van der Waals surface area (Å²) in [4.78, 5) is 12.8. The molecule has 1 N–H and O–H groups in total. The molecule has 3 rings (SSSR count). The molecule has 0 aromatic heterocycles. The van der Waals surface area contributed by atoms with Gasteiger partial charge in [-0.1, -0.05) is 12.1 Å². The first-order valence-corrected chi connectivity index (χ1v) is 10.1. The Morgan fingerprint density at radius 3 is 1.87 bits per heavy atom. The summed E-state index contributed by atoms with van der Waals surface area (Å²) in [5, 5.41) is 1.62. The van der Waals surface area contributed by atoms with Crippen LogP contribution in [0.5, 0.6) is 0 Å². The monoisotopic (exact) mass is 564 g/mol. The number of carbonyl (C=O) groups excluding carboxylic acids is 1. The van der Waals surface area contributed by atoms with Crippen LogP contribution in [-0.2, 0) is 4.79 Å². The molecular weight excluding hydrogens is 556 g/mol. The first kappa shape index (κ1) is 17.5. The highest BCUT2D eigenvalue weighted by atomic mass is 79.9. The van der Waals surface area contributed by atoms with Crippen molar-refractivity contribution in [3.8, 4) is 0 Å². The van der Waals surface area contributed by atoms with Crippen LogP contribution in [0.3, 0.4) is 0 Å². The van der Waals surface area contributed by atoms with Gasteiger partial charge in [0.2, 0.25) is 5.91 Å². The predicted molar refractivity (Wildman–Crippen MR) is 108 cm³/mol. The molecule has 2 aromatic carbocycles. The summed E-state index contributed by atoms with van der Waals surface area (Å²) in [6, 6.07) is 11.6. The Balaban J connectivity index is 2.05. The average Bonchev–Trinajstić information content (AvgIpc) is 3.33. The summed E-state index contributed by atoms with van der Waals surface area (Å²) in [6.45, 7) is 0. The highest BCUT2D eigenvalue weighted by Gasteiger charge is 2.36. The Hall–Kier alpha value is -0.370. The van der Waals surface area contributed by atoms with Crippen molar-refractivity contribution in [2.45, 2.75) is 12.8 Å². The van der Waals surface area contributed by atoms with E-state index in [-0.39, 0.29) is 11.8 Å². The second-order valence-corrected chi connectivity index (χ2v) is 8.64. The molecule has 0 bridgehead atoms. The van der Waals surface area contributed by atoms with Gasteiger partial charge >= 0.3 is 0 Å². The minimum Gasteiger partial charge on any atom is -0.289 e. The topological polar surface area (TPSA) is 32.3 Å². The Labute approximate surface area is 168 Å². The van der Waals surface area contributed by atoms with Crippen LogP contribution in [0.1, 0.15) is 12.8 Å². The third kappa shape index (κ3) is 3.83. The van der Waals surface area contributed by atoms with Crippen LogP contribution in [0.4, 0.5) is 11.4 Å². The van der Waals surface area contributed by atoms with Crippen molar-refractivity contribution >= 4 is 81.0 Å². The second-order valence-electron chi connectivity index (χ2n) is 5.23. The van der Waals surface area contributed by atoms with Crippen molar-refractivity contribution in [1.29, 1.82) is 0 Å². The van der Waals surface area contributed by atoms with E-state index in [9.17, 15) is 4.79 Å². The Morgan fingerprint density at radius 1 is 0.913 bits per heavy atom. The van der Waals surface area contributed by atoms with Gasteiger partial charge in [0.15, 0.2) is 0 Å². The Morgan fingerprint density at radius 2 is 1.39 bits per heavy atom. The summed E-state index contributed by atoms with van der Waals surface area (Å²) in [7, 11) is 0. The summed E-state index contributed by atoms with van der Waals surface area (Å²) < 4.78 is 3.44. The molecule has 0 unspecified atom stereocenters. The van der Waals surface area contributed by atoms with Gasteiger partial charge < -0.3 is 0 Å². The third-order valence-electron chi connectivity index (χ3n) is 3.49. The molecule has 1 saturated carbocycles. The number of rotatable bonds is 4. The highest BCUT2D eigenvalue weighted by molar-refractivity contribution is 9.11. The van der Waals surface area contributed by atoms with E-state index in [1.54, 1.807) is 5.01 Å². The molecule has 1 amide bonds. The number of nitrogens with zero attached hydrogens (tertiary/aromatic N) is 1. The van der Waals surface area contributed by atoms with Crippen LogP contribution in [0.2, 0.25) is 0 Å². The molecule has 7 heteroatoms. The minimum absolute atomic E-state index is 0.0697. The number of para-hydroxylation sites is 2. The molecule has 23 heavy (non-hydrogen) atoms. The molecule has 120 valence electrons. The molecule has 1 fully saturated rings. The largest absolute Gasteiger partial charge is 0.289 e. The SMILES string of the molecule is O=C(C1CC1)N(Nc1c(Br)cccc1Br)c1c(Br)cccc1Br. The maximum atomic E-state index is 12.8. The van der Waals surface area contributed by atoms with E-state index in [1.165, 1.54) is 0 Å². The molecule has 0 saturated heterocycles. The summed E-state index contributed by atoms with van der Waals surface area (Å²) in [5.74, 6) is 0.156. The lowest BCUT2D eigenvalue weighted by atomic mass is 10.2. The van der Waals surface area contributed by atoms with Gasteiger partial charge in [-0.05, 0) is 101 Å². The number of halogens is 4. The number of nitrogens with one attached hydrogen (secondary N) is 1. The van der Waals surface area contributed by atoms with Gasteiger partial charge in [0.05, 0.1) is 11.4 Å². The standard InChI is InChI=1S/C16H12Br4N2O/c17-10-3-1-4-11(18)14(10)21-22(16(23)9-7-8-9)15-12(19)5-2-6-13(15)20/h1-6,9,21H,7-8H2. The molecular formula is C16H12Br4N2O. The summed E-state index contributed by atoms with van der Waals surface area (Å²) >= 11 is 14.2. The van der Waals surface area contributed by atoms with Gasteiger partial charge in [-0.15, -0.1) is 0 Å². The van der Waals surface area contributed by atoms with Crippen LogP contribution >= 0.6 is 63.7 Å². The summed E-state index contributed by atoms with van der Waals surface area (Å²) in [5.41, 5.74) is 4.84. The lowest BCUT2D eigenvalue weighted by molar-refractivity contribution is -0.119. The summed E-state index contributed by atoms with van der Waals surface area (Å²) in [6.07, 6.45) is 1.88. The second kappa shape index (κ2) is 7.25. The Kier molecular flexibility index (Phi) is 5.50. The first-order chi connectivity index (χ1) is 11.0. The number of benzene rings is 2. The van der Waals surface area contributed by atoms with Crippen LogP contribution < -0.4 is 10.4 Å². The average molecular weight is 568 g/mol. The fourth-order valence-electron chi connectivity index (χ4n) is 2.15. The smallest absolute Gasteiger partial charge is 0.248 e. The van der Waals surface area contributed by atoms with Crippen LogP contribution in [-0.4, -0.2) is 5.91 Å². The van der Waals surface area contributed by atoms with Crippen molar-refractivity contribution in [2.75, 3.05) is 10.4 Å². The van der Waals surface area contributed by atoms with Gasteiger partial charge in [-0.25, -0.2) is 5.01 Å². The van der Waals surface area contributed by atoms with Crippen molar-refractivity contribution in [3.05, 3.63) is 54.3 Å². The molecule has 0 atom stereocenters. The van der Waals surface area contributed by atoms with Crippen LogP contribution in [0, 0.1) is 5.92 Å². The van der Waals surface area contributed by atoms with E-state index in [0.717, 1.165) is 42.1 Å². The van der Waals surface area contributed by atoms with Gasteiger partial charge in [0.1, 0.15) is 0 Å². The fraction of sp³-hybridized carbons (Fsp3) is 0.188. The number of amides is 1. The van der Waals surface area contributed by atoms with E-state index in [2.05, 4.69) is 69.1 Å². The van der Waals surface area contributed by atoms with Gasteiger partial charge in [-0.3, -0.25) is 10.2 Å². The van der Waals surface area contributed by atoms with Gasteiger partial charge in [-0.2, -0.15) is 0 Å². The van der Waals surface area contributed by atoms with Crippen LogP contribution in [0.25, 0.3) is 0 Å². The molecule has 1 aliphatic carbocycles. The van der Waals surface area contributed by atoms with Crippen molar-refractivity contribution < 1.29 is 4.79 Å². The number of hydrogen-bond donors (Lipinski definition) is 1. The van der Waals surface area contributed by atoms with Crippen molar-refractivity contribution in [3.63, 3.8) is 0 Å². The van der Waals surface area contributed by atoms with E-state index < -0.39 is 0 Å². The third-order valence-corrected chi connectivity index (χ3v) is 6.10. The van der Waals surface area contributed by atoms with E-state index in [0.29, 0.717) is 0 Å². The number of hydrogen-bond acceptors (Lipinski definition) is 2. The zero-order valence-electron chi connectivity index (χ0n) is 11.8. The maximum Gasteiger partial charge on any atom is 0.248 e. The first-order valence-electron chi connectivity index (χ1n) is 6.97. The molecule has 0 radical (unpaired) electrons. The van der Waals surface area contributed by atoms with Crippen molar-refractivity contribution in [2.24, 2.45) is 5.92 Å². The number of carbonyl (C=O) groups is 1. The lowest BCUT2D eigenvalue weighted by Crippen LogP contribution is -2.38. The molecule has 0 spiro atoms. The number of anilines is 2. The van der Waals surface area contributed by atoms with E-state index >= 15 is 0 Å². The van der Waals surface area contributed by atoms with Crippen molar-refractivity contribution in [1.82, 2.24) is 0 Å². The van der Waals surface area contributed by atoms with E-state index in [4.69, 9.17) is 0 Å². The molecule has 2 aromatic rings.